The van der Waals surface area contributed by atoms with E-state index in [2.05, 4.69) is 4.90 Å². The van der Waals surface area contributed by atoms with Crippen LogP contribution in [-0.4, -0.2) is 30.3 Å². The molecule has 1 aromatic rings. The standard InChI is InChI=1S/C17H21F2NO/c18-14-6-3-7-15(19)17(14)16(21)11-20-9-8-12-4-1-2-5-13(12)10-20/h3,6-7,12-13H,1-2,4-5,8-11H2. The zero-order chi connectivity index (χ0) is 14.8. The van der Waals surface area contributed by atoms with E-state index >= 15 is 0 Å². The Kier molecular flexibility index (Phi) is 4.34. The number of carbonyl (C=O) groups is 1. The maximum absolute atomic E-state index is 13.6. The van der Waals surface area contributed by atoms with Gasteiger partial charge in [0, 0.05) is 6.54 Å². The van der Waals surface area contributed by atoms with Gasteiger partial charge in [0.05, 0.1) is 12.1 Å². The lowest BCUT2D eigenvalue weighted by molar-refractivity contribution is 0.0707. The van der Waals surface area contributed by atoms with Crippen molar-refractivity contribution in [3.8, 4) is 0 Å². The molecule has 1 saturated heterocycles. The smallest absolute Gasteiger partial charge is 0.182 e. The average molecular weight is 293 g/mol. The number of piperidine rings is 1. The zero-order valence-corrected chi connectivity index (χ0v) is 12.2. The quantitative estimate of drug-likeness (QED) is 0.793. The molecule has 2 aliphatic rings. The van der Waals surface area contributed by atoms with Gasteiger partial charge in [0.1, 0.15) is 11.6 Å². The fourth-order valence-corrected chi connectivity index (χ4v) is 3.87. The molecule has 1 saturated carbocycles. The minimum Gasteiger partial charge on any atom is -0.296 e. The summed E-state index contributed by atoms with van der Waals surface area (Å²) in [7, 11) is 0. The van der Waals surface area contributed by atoms with E-state index in [1.807, 2.05) is 0 Å². The zero-order valence-electron chi connectivity index (χ0n) is 12.2. The second-order valence-corrected chi connectivity index (χ2v) is 6.35. The van der Waals surface area contributed by atoms with E-state index < -0.39 is 17.4 Å². The number of rotatable bonds is 3. The van der Waals surface area contributed by atoms with Crippen LogP contribution in [0.2, 0.25) is 0 Å². The van der Waals surface area contributed by atoms with Crippen LogP contribution in [0.1, 0.15) is 42.5 Å². The number of carbonyl (C=O) groups excluding carboxylic acids is 1. The molecule has 21 heavy (non-hydrogen) atoms. The number of fused-ring (bicyclic) bond motifs is 1. The second kappa shape index (κ2) is 6.22. The van der Waals surface area contributed by atoms with E-state index in [0.717, 1.165) is 37.6 Å². The lowest BCUT2D eigenvalue weighted by atomic mass is 9.75. The van der Waals surface area contributed by atoms with Crippen LogP contribution in [-0.2, 0) is 0 Å². The summed E-state index contributed by atoms with van der Waals surface area (Å²) in [6, 6.07) is 3.57. The average Bonchev–Trinajstić information content (AvgIpc) is 2.47. The van der Waals surface area contributed by atoms with Crippen molar-refractivity contribution in [1.29, 1.82) is 0 Å². The molecular formula is C17H21F2NO. The number of hydrogen-bond donors (Lipinski definition) is 0. The van der Waals surface area contributed by atoms with Crippen molar-refractivity contribution in [3.63, 3.8) is 0 Å². The molecule has 1 aliphatic carbocycles. The van der Waals surface area contributed by atoms with Crippen molar-refractivity contribution in [2.24, 2.45) is 11.8 Å². The van der Waals surface area contributed by atoms with Crippen molar-refractivity contribution in [3.05, 3.63) is 35.4 Å². The highest BCUT2D eigenvalue weighted by molar-refractivity contribution is 5.98. The predicted molar refractivity (Wildman–Crippen MR) is 77.2 cm³/mol. The molecule has 3 rings (SSSR count). The summed E-state index contributed by atoms with van der Waals surface area (Å²) in [5.41, 5.74) is -0.386. The first-order valence-electron chi connectivity index (χ1n) is 7.84. The summed E-state index contributed by atoms with van der Waals surface area (Å²) in [6.07, 6.45) is 6.22. The third kappa shape index (κ3) is 3.15. The van der Waals surface area contributed by atoms with Gasteiger partial charge in [-0.1, -0.05) is 25.3 Å². The largest absolute Gasteiger partial charge is 0.296 e. The Morgan fingerprint density at radius 3 is 2.48 bits per heavy atom. The molecule has 2 atom stereocenters. The Balaban J connectivity index is 1.65. The number of hydrogen-bond acceptors (Lipinski definition) is 2. The topological polar surface area (TPSA) is 20.3 Å². The molecule has 2 unspecified atom stereocenters. The molecule has 1 aromatic carbocycles. The van der Waals surface area contributed by atoms with Crippen LogP contribution in [0.3, 0.4) is 0 Å². The van der Waals surface area contributed by atoms with Gasteiger partial charge in [-0.2, -0.15) is 0 Å². The van der Waals surface area contributed by atoms with Crippen molar-refractivity contribution in [2.75, 3.05) is 19.6 Å². The van der Waals surface area contributed by atoms with E-state index in [0.29, 0.717) is 5.92 Å². The van der Waals surface area contributed by atoms with E-state index in [1.54, 1.807) is 0 Å². The van der Waals surface area contributed by atoms with Crippen LogP contribution in [0.25, 0.3) is 0 Å². The number of Topliss-reactive ketones (excluding diaryl/α,β-unsaturated/α-hetero) is 1. The molecular weight excluding hydrogens is 272 g/mol. The summed E-state index contributed by atoms with van der Waals surface area (Å²) in [5.74, 6) is -0.513. The summed E-state index contributed by atoms with van der Waals surface area (Å²) < 4.78 is 27.3. The van der Waals surface area contributed by atoms with E-state index in [-0.39, 0.29) is 12.1 Å². The van der Waals surface area contributed by atoms with Crippen LogP contribution in [0.4, 0.5) is 8.78 Å². The molecule has 2 fully saturated rings. The number of halogens is 2. The van der Waals surface area contributed by atoms with Crippen LogP contribution in [0, 0.1) is 23.5 Å². The van der Waals surface area contributed by atoms with Gasteiger partial charge in [-0.15, -0.1) is 0 Å². The van der Waals surface area contributed by atoms with Gasteiger partial charge in [0.25, 0.3) is 0 Å². The van der Waals surface area contributed by atoms with E-state index in [9.17, 15) is 13.6 Å². The number of benzene rings is 1. The van der Waals surface area contributed by atoms with E-state index in [1.165, 1.54) is 31.7 Å². The normalized spacial score (nSPS) is 26.4. The van der Waals surface area contributed by atoms with Crippen LogP contribution < -0.4 is 0 Å². The molecule has 0 spiro atoms. The first-order valence-corrected chi connectivity index (χ1v) is 7.84. The Labute approximate surface area is 124 Å². The van der Waals surface area contributed by atoms with Crippen LogP contribution in [0.5, 0.6) is 0 Å². The van der Waals surface area contributed by atoms with E-state index in [4.69, 9.17) is 0 Å². The lowest BCUT2D eigenvalue weighted by Gasteiger charge is -2.41. The number of ketones is 1. The van der Waals surface area contributed by atoms with Crippen molar-refractivity contribution < 1.29 is 13.6 Å². The van der Waals surface area contributed by atoms with Gasteiger partial charge in [-0.3, -0.25) is 9.69 Å². The Bertz CT molecular complexity index is 511. The summed E-state index contributed by atoms with van der Waals surface area (Å²) in [5, 5.41) is 0. The monoisotopic (exact) mass is 293 g/mol. The Morgan fingerprint density at radius 1 is 1.10 bits per heavy atom. The molecule has 0 bridgehead atoms. The van der Waals surface area contributed by atoms with Gasteiger partial charge in [0.15, 0.2) is 5.78 Å². The number of nitrogens with zero attached hydrogens (tertiary/aromatic N) is 1. The highest BCUT2D eigenvalue weighted by Gasteiger charge is 2.32. The number of likely N-dealkylation sites (tertiary alicyclic amines) is 1. The van der Waals surface area contributed by atoms with Crippen molar-refractivity contribution >= 4 is 5.78 Å². The molecule has 114 valence electrons. The fraction of sp³-hybridized carbons (Fsp3) is 0.588. The minimum atomic E-state index is -0.757. The van der Waals surface area contributed by atoms with Gasteiger partial charge < -0.3 is 0 Å². The fourth-order valence-electron chi connectivity index (χ4n) is 3.87. The van der Waals surface area contributed by atoms with Gasteiger partial charge in [-0.05, 0) is 43.4 Å². The molecule has 0 amide bonds. The molecule has 1 aliphatic heterocycles. The molecule has 4 heteroatoms. The summed E-state index contributed by atoms with van der Waals surface area (Å²) in [4.78, 5) is 14.3. The SMILES string of the molecule is O=C(CN1CCC2CCCCC2C1)c1c(F)cccc1F. The van der Waals surface area contributed by atoms with Gasteiger partial charge in [0.2, 0.25) is 0 Å². The Morgan fingerprint density at radius 2 is 1.76 bits per heavy atom. The maximum Gasteiger partial charge on any atom is 0.182 e. The molecule has 0 N–H and O–H groups in total. The molecule has 2 nitrogen and oxygen atoms in total. The van der Waals surface area contributed by atoms with Crippen molar-refractivity contribution in [1.82, 2.24) is 4.90 Å². The van der Waals surface area contributed by atoms with Gasteiger partial charge >= 0.3 is 0 Å². The minimum absolute atomic E-state index is 0.126. The third-order valence-corrected chi connectivity index (χ3v) is 4.98. The summed E-state index contributed by atoms with van der Waals surface area (Å²) in [6.45, 7) is 1.89. The molecule has 0 aromatic heterocycles. The molecule has 1 heterocycles. The third-order valence-electron chi connectivity index (χ3n) is 4.98. The Hall–Kier alpha value is -1.29. The highest BCUT2D eigenvalue weighted by Crippen LogP contribution is 2.36. The molecule has 0 radical (unpaired) electrons. The predicted octanol–water partition coefficient (Wildman–Crippen LogP) is 3.66. The van der Waals surface area contributed by atoms with Crippen LogP contribution >= 0.6 is 0 Å². The first-order chi connectivity index (χ1) is 10.1. The summed E-state index contributed by atoms with van der Waals surface area (Å²) >= 11 is 0. The maximum atomic E-state index is 13.6. The first kappa shape index (κ1) is 14.6. The van der Waals surface area contributed by atoms with Gasteiger partial charge in [-0.25, -0.2) is 8.78 Å². The van der Waals surface area contributed by atoms with Crippen molar-refractivity contribution in [2.45, 2.75) is 32.1 Å². The second-order valence-electron chi connectivity index (χ2n) is 6.35. The highest BCUT2D eigenvalue weighted by atomic mass is 19.1. The van der Waals surface area contributed by atoms with Crippen LogP contribution in [0.15, 0.2) is 18.2 Å². The lowest BCUT2D eigenvalue weighted by Crippen LogP contribution is -2.44.